The molecule has 1 fully saturated rings. The predicted octanol–water partition coefficient (Wildman–Crippen LogP) is 2.24. The summed E-state index contributed by atoms with van der Waals surface area (Å²) in [5.74, 6) is -0.188. The molecule has 0 radical (unpaired) electrons. The average Bonchev–Trinajstić information content (AvgIpc) is 2.74. The van der Waals surface area contributed by atoms with Crippen molar-refractivity contribution in [1.29, 1.82) is 0 Å². The molecule has 5 nitrogen and oxygen atoms in total. The number of anilines is 1. The molecular formula is C13H17BrN2O3S. The van der Waals surface area contributed by atoms with Gasteiger partial charge in [0.1, 0.15) is 0 Å². The Morgan fingerprint density at radius 2 is 1.90 bits per heavy atom. The molecule has 2 unspecified atom stereocenters. The summed E-state index contributed by atoms with van der Waals surface area (Å²) in [5, 5.41) is 2.60. The van der Waals surface area contributed by atoms with E-state index in [-0.39, 0.29) is 21.7 Å². The van der Waals surface area contributed by atoms with Gasteiger partial charge < -0.3 is 5.32 Å². The van der Waals surface area contributed by atoms with Gasteiger partial charge in [0.2, 0.25) is 15.9 Å². The van der Waals surface area contributed by atoms with Crippen molar-refractivity contribution in [3.05, 3.63) is 24.3 Å². The normalized spacial score (nSPS) is 22.7. The van der Waals surface area contributed by atoms with Crippen LogP contribution in [0.2, 0.25) is 0 Å². The lowest BCUT2D eigenvalue weighted by Crippen LogP contribution is -2.37. The van der Waals surface area contributed by atoms with Gasteiger partial charge in [0.25, 0.3) is 0 Å². The fourth-order valence-corrected chi connectivity index (χ4v) is 4.44. The lowest BCUT2D eigenvalue weighted by molar-refractivity contribution is -0.114. The monoisotopic (exact) mass is 360 g/mol. The van der Waals surface area contributed by atoms with E-state index in [2.05, 4.69) is 26.0 Å². The molecule has 1 amide bonds. The van der Waals surface area contributed by atoms with Crippen molar-refractivity contribution in [3.63, 3.8) is 0 Å². The number of sulfonamides is 1. The minimum absolute atomic E-state index is 0.0602. The molecule has 7 heteroatoms. The van der Waals surface area contributed by atoms with Crippen molar-refractivity contribution in [2.75, 3.05) is 5.32 Å². The van der Waals surface area contributed by atoms with Crippen molar-refractivity contribution < 1.29 is 13.2 Å². The zero-order chi connectivity index (χ0) is 14.8. The molecule has 0 saturated heterocycles. The minimum atomic E-state index is -3.51. The Balaban J connectivity index is 2.11. The summed E-state index contributed by atoms with van der Waals surface area (Å²) in [4.78, 5) is 11.3. The number of amides is 1. The number of alkyl halides is 1. The summed E-state index contributed by atoms with van der Waals surface area (Å²) < 4.78 is 27.2. The summed E-state index contributed by atoms with van der Waals surface area (Å²) in [6.45, 7) is 1.41. The molecule has 1 aromatic rings. The standard InChI is InChI=1S/C13H17BrN2O3S/c1-9(17)15-10-5-7-11(8-6-10)20(18,19)16-13-4-2-3-12(13)14/h5-8,12-13,16H,2-4H2,1H3,(H,15,17). The molecule has 20 heavy (non-hydrogen) atoms. The summed E-state index contributed by atoms with van der Waals surface area (Å²) in [6, 6.07) is 6.08. The Bertz CT molecular complexity index is 586. The molecule has 2 N–H and O–H groups in total. The van der Waals surface area contributed by atoms with Crippen molar-refractivity contribution >= 4 is 37.5 Å². The van der Waals surface area contributed by atoms with Gasteiger partial charge in [0.05, 0.1) is 4.90 Å². The molecular weight excluding hydrogens is 344 g/mol. The summed E-state index contributed by atoms with van der Waals surface area (Å²) >= 11 is 3.49. The van der Waals surface area contributed by atoms with Crippen LogP contribution < -0.4 is 10.0 Å². The number of benzene rings is 1. The first-order valence-corrected chi connectivity index (χ1v) is 8.82. The van der Waals surface area contributed by atoms with E-state index in [1.807, 2.05) is 0 Å². The molecule has 0 bridgehead atoms. The van der Waals surface area contributed by atoms with E-state index < -0.39 is 10.0 Å². The molecule has 1 aliphatic rings. The Hall–Kier alpha value is -0.920. The minimum Gasteiger partial charge on any atom is -0.326 e. The van der Waals surface area contributed by atoms with Gasteiger partial charge in [-0.25, -0.2) is 13.1 Å². The summed E-state index contributed by atoms with van der Waals surface area (Å²) in [5.41, 5.74) is 0.579. The van der Waals surface area contributed by atoms with Gasteiger partial charge in [0, 0.05) is 23.5 Å². The third-order valence-electron chi connectivity index (χ3n) is 3.22. The van der Waals surface area contributed by atoms with Gasteiger partial charge in [-0.3, -0.25) is 4.79 Å². The van der Waals surface area contributed by atoms with Crippen molar-refractivity contribution in [3.8, 4) is 0 Å². The Morgan fingerprint density at radius 3 is 2.40 bits per heavy atom. The molecule has 1 saturated carbocycles. The van der Waals surface area contributed by atoms with Crippen molar-refractivity contribution in [2.45, 2.75) is 42.0 Å². The topological polar surface area (TPSA) is 75.3 Å². The number of rotatable bonds is 4. The highest BCUT2D eigenvalue weighted by atomic mass is 79.9. The van der Waals surface area contributed by atoms with E-state index in [1.165, 1.54) is 19.1 Å². The van der Waals surface area contributed by atoms with Crippen molar-refractivity contribution in [2.24, 2.45) is 0 Å². The van der Waals surface area contributed by atoms with Gasteiger partial charge in [-0.05, 0) is 37.1 Å². The van der Waals surface area contributed by atoms with E-state index in [4.69, 9.17) is 0 Å². The zero-order valence-electron chi connectivity index (χ0n) is 11.1. The van der Waals surface area contributed by atoms with Gasteiger partial charge in [-0.2, -0.15) is 0 Å². The number of hydrogen-bond donors (Lipinski definition) is 2. The SMILES string of the molecule is CC(=O)Nc1ccc(S(=O)(=O)NC2CCCC2Br)cc1. The number of nitrogens with one attached hydrogen (secondary N) is 2. The van der Waals surface area contributed by atoms with E-state index in [9.17, 15) is 13.2 Å². The van der Waals surface area contributed by atoms with Crippen LogP contribution >= 0.6 is 15.9 Å². The van der Waals surface area contributed by atoms with Crippen molar-refractivity contribution in [1.82, 2.24) is 4.72 Å². The van der Waals surface area contributed by atoms with Crippen LogP contribution in [0.4, 0.5) is 5.69 Å². The van der Waals surface area contributed by atoms with Crippen LogP contribution in [0.25, 0.3) is 0 Å². The smallest absolute Gasteiger partial charge is 0.240 e. The maximum Gasteiger partial charge on any atom is 0.240 e. The number of carbonyl (C=O) groups is 1. The molecule has 2 atom stereocenters. The van der Waals surface area contributed by atoms with Crippen LogP contribution in [0.3, 0.4) is 0 Å². The van der Waals surface area contributed by atoms with Crippen LogP contribution in [-0.4, -0.2) is 25.2 Å². The second-order valence-electron chi connectivity index (χ2n) is 4.88. The molecule has 110 valence electrons. The molecule has 1 aromatic carbocycles. The number of halogens is 1. The average molecular weight is 361 g/mol. The lowest BCUT2D eigenvalue weighted by atomic mass is 10.3. The van der Waals surface area contributed by atoms with Crippen LogP contribution in [0.15, 0.2) is 29.2 Å². The number of hydrogen-bond acceptors (Lipinski definition) is 3. The molecule has 1 aliphatic carbocycles. The largest absolute Gasteiger partial charge is 0.326 e. The third kappa shape index (κ3) is 3.80. The Labute approximate surface area is 127 Å². The highest BCUT2D eigenvalue weighted by Gasteiger charge is 2.29. The third-order valence-corrected chi connectivity index (χ3v) is 5.82. The maximum atomic E-state index is 12.2. The van der Waals surface area contributed by atoms with E-state index in [0.29, 0.717) is 5.69 Å². The second-order valence-corrected chi connectivity index (χ2v) is 7.77. The summed E-state index contributed by atoms with van der Waals surface area (Å²) in [6.07, 6.45) is 2.85. The molecule has 0 aliphatic heterocycles. The Morgan fingerprint density at radius 1 is 1.25 bits per heavy atom. The van der Waals surface area contributed by atoms with E-state index >= 15 is 0 Å². The first-order valence-electron chi connectivity index (χ1n) is 6.42. The highest BCUT2D eigenvalue weighted by molar-refractivity contribution is 9.09. The number of carbonyl (C=O) groups excluding carboxylic acids is 1. The van der Waals surface area contributed by atoms with Crippen LogP contribution in [0, 0.1) is 0 Å². The molecule has 2 rings (SSSR count). The zero-order valence-corrected chi connectivity index (χ0v) is 13.5. The van der Waals surface area contributed by atoms with Gasteiger partial charge in [0.15, 0.2) is 0 Å². The second kappa shape index (κ2) is 6.24. The van der Waals surface area contributed by atoms with E-state index in [1.54, 1.807) is 12.1 Å². The van der Waals surface area contributed by atoms with Crippen LogP contribution in [0.1, 0.15) is 26.2 Å². The van der Waals surface area contributed by atoms with E-state index in [0.717, 1.165) is 19.3 Å². The fourth-order valence-electron chi connectivity index (χ4n) is 2.24. The first-order chi connectivity index (χ1) is 9.38. The Kier molecular flexibility index (Phi) is 4.82. The maximum absolute atomic E-state index is 12.2. The van der Waals surface area contributed by atoms with Crippen LogP contribution in [-0.2, 0) is 14.8 Å². The fraction of sp³-hybridized carbons (Fsp3) is 0.462. The first kappa shape index (κ1) is 15.5. The molecule has 0 aromatic heterocycles. The predicted molar refractivity (Wildman–Crippen MR) is 81.4 cm³/mol. The highest BCUT2D eigenvalue weighted by Crippen LogP contribution is 2.27. The van der Waals surface area contributed by atoms with Gasteiger partial charge in [-0.15, -0.1) is 0 Å². The van der Waals surface area contributed by atoms with Gasteiger partial charge >= 0.3 is 0 Å². The summed E-state index contributed by atoms with van der Waals surface area (Å²) in [7, 11) is -3.51. The molecule has 0 heterocycles. The van der Waals surface area contributed by atoms with Gasteiger partial charge in [-0.1, -0.05) is 22.4 Å². The van der Waals surface area contributed by atoms with Crippen LogP contribution in [0.5, 0.6) is 0 Å². The lowest BCUT2D eigenvalue weighted by Gasteiger charge is -2.16. The molecule has 0 spiro atoms. The quantitative estimate of drug-likeness (QED) is 0.808.